The van der Waals surface area contributed by atoms with Crippen molar-refractivity contribution in [1.82, 2.24) is 0 Å². The van der Waals surface area contributed by atoms with Gasteiger partial charge in [-0.15, -0.1) is 11.3 Å². The molecule has 1 aromatic carbocycles. The van der Waals surface area contributed by atoms with Crippen molar-refractivity contribution in [2.45, 2.75) is 6.92 Å². The lowest BCUT2D eigenvalue weighted by Crippen LogP contribution is -1.72. The molecular formula is C12H10OS. The number of hydrogen-bond acceptors (Lipinski definition) is 2. The summed E-state index contributed by atoms with van der Waals surface area (Å²) < 4.78 is 0. The van der Waals surface area contributed by atoms with Crippen LogP contribution in [0.15, 0.2) is 36.4 Å². The zero-order chi connectivity index (χ0) is 9.97. The van der Waals surface area contributed by atoms with E-state index < -0.39 is 0 Å². The summed E-state index contributed by atoms with van der Waals surface area (Å²) in [4.78, 5) is 12.4. The molecular weight excluding hydrogens is 192 g/mol. The van der Waals surface area contributed by atoms with Crippen LogP contribution in [0.1, 0.15) is 15.2 Å². The van der Waals surface area contributed by atoms with Gasteiger partial charge in [0.25, 0.3) is 0 Å². The molecule has 0 fully saturated rings. The molecule has 1 aromatic heterocycles. The Morgan fingerprint density at radius 3 is 2.36 bits per heavy atom. The summed E-state index contributed by atoms with van der Waals surface area (Å²) in [5.74, 6) is 0. The Balaban J connectivity index is 2.39. The van der Waals surface area contributed by atoms with Crippen molar-refractivity contribution in [1.29, 1.82) is 0 Å². The molecule has 0 spiro atoms. The summed E-state index contributed by atoms with van der Waals surface area (Å²) in [6.07, 6.45) is 0.891. The van der Waals surface area contributed by atoms with Gasteiger partial charge in [-0.3, -0.25) is 4.79 Å². The first kappa shape index (κ1) is 9.16. The molecule has 0 aliphatic heterocycles. The minimum Gasteiger partial charge on any atom is -0.297 e. The molecule has 0 aliphatic rings. The van der Waals surface area contributed by atoms with Crippen LogP contribution >= 0.6 is 11.3 Å². The normalized spacial score (nSPS) is 10.1. The predicted octanol–water partition coefficient (Wildman–Crippen LogP) is 3.54. The number of carbonyl (C=O) groups excluding carboxylic acids is 1. The van der Waals surface area contributed by atoms with Gasteiger partial charge in [0.1, 0.15) is 0 Å². The Kier molecular flexibility index (Phi) is 2.46. The van der Waals surface area contributed by atoms with E-state index in [-0.39, 0.29) is 0 Å². The highest BCUT2D eigenvalue weighted by Crippen LogP contribution is 2.27. The Morgan fingerprint density at radius 2 is 1.79 bits per heavy atom. The van der Waals surface area contributed by atoms with Gasteiger partial charge in [0, 0.05) is 4.88 Å². The Morgan fingerprint density at radius 1 is 1.07 bits per heavy atom. The van der Waals surface area contributed by atoms with Gasteiger partial charge in [-0.05, 0) is 24.6 Å². The lowest BCUT2D eigenvalue weighted by Gasteiger charge is -1.96. The predicted molar refractivity (Wildman–Crippen MR) is 59.9 cm³/mol. The molecule has 70 valence electrons. The van der Waals surface area contributed by atoms with Gasteiger partial charge in [-0.2, -0.15) is 0 Å². The van der Waals surface area contributed by atoms with Crippen LogP contribution in [-0.4, -0.2) is 6.29 Å². The fourth-order valence-electron chi connectivity index (χ4n) is 1.29. The van der Waals surface area contributed by atoms with Crippen molar-refractivity contribution in [2.75, 3.05) is 0 Å². The van der Waals surface area contributed by atoms with E-state index in [1.54, 1.807) is 0 Å². The first-order chi connectivity index (χ1) is 6.79. The van der Waals surface area contributed by atoms with E-state index in [1.807, 2.05) is 12.1 Å². The van der Waals surface area contributed by atoms with Crippen molar-refractivity contribution in [3.8, 4) is 10.4 Å². The van der Waals surface area contributed by atoms with Gasteiger partial charge in [0.05, 0.1) is 4.88 Å². The number of rotatable bonds is 2. The molecule has 1 nitrogen and oxygen atoms in total. The number of thiophene rings is 1. The Bertz CT molecular complexity index is 440. The van der Waals surface area contributed by atoms with Crippen molar-refractivity contribution in [3.05, 3.63) is 46.8 Å². The first-order valence-electron chi connectivity index (χ1n) is 4.41. The van der Waals surface area contributed by atoms with Gasteiger partial charge >= 0.3 is 0 Å². The minimum absolute atomic E-state index is 0.778. The third kappa shape index (κ3) is 1.75. The topological polar surface area (TPSA) is 17.1 Å². The van der Waals surface area contributed by atoms with E-state index in [9.17, 15) is 4.79 Å². The Hall–Kier alpha value is -1.41. The Labute approximate surface area is 87.0 Å². The molecule has 0 unspecified atom stereocenters. The SMILES string of the molecule is Cc1ccc(-c2ccc(C=O)s2)cc1. The average molecular weight is 202 g/mol. The molecule has 1 heterocycles. The molecule has 0 radical (unpaired) electrons. The molecule has 0 N–H and O–H groups in total. The van der Waals surface area contributed by atoms with Crippen molar-refractivity contribution in [3.63, 3.8) is 0 Å². The smallest absolute Gasteiger partial charge is 0.160 e. The monoisotopic (exact) mass is 202 g/mol. The second-order valence-electron chi connectivity index (χ2n) is 3.19. The quantitative estimate of drug-likeness (QED) is 0.681. The first-order valence-corrected chi connectivity index (χ1v) is 5.23. The fourth-order valence-corrected chi connectivity index (χ4v) is 2.12. The summed E-state index contributed by atoms with van der Waals surface area (Å²) in [5, 5.41) is 0. The largest absolute Gasteiger partial charge is 0.297 e. The highest BCUT2D eigenvalue weighted by atomic mass is 32.1. The van der Waals surface area contributed by atoms with Crippen LogP contribution in [0.4, 0.5) is 0 Å². The summed E-state index contributed by atoms with van der Waals surface area (Å²) >= 11 is 1.52. The van der Waals surface area contributed by atoms with Crippen LogP contribution in [0.3, 0.4) is 0 Å². The van der Waals surface area contributed by atoms with Crippen LogP contribution in [0.2, 0.25) is 0 Å². The number of aldehydes is 1. The molecule has 2 rings (SSSR count). The third-order valence-corrected chi connectivity index (χ3v) is 3.14. The molecule has 0 amide bonds. The summed E-state index contributed by atoms with van der Waals surface area (Å²) in [7, 11) is 0. The maximum Gasteiger partial charge on any atom is 0.160 e. The second-order valence-corrected chi connectivity index (χ2v) is 4.30. The van der Waals surface area contributed by atoms with E-state index in [0.29, 0.717) is 0 Å². The molecule has 2 heteroatoms. The van der Waals surface area contributed by atoms with Crippen molar-refractivity contribution < 1.29 is 4.79 Å². The zero-order valence-electron chi connectivity index (χ0n) is 7.86. The van der Waals surface area contributed by atoms with E-state index >= 15 is 0 Å². The van der Waals surface area contributed by atoms with Gasteiger partial charge in [-0.1, -0.05) is 29.8 Å². The van der Waals surface area contributed by atoms with Gasteiger partial charge in [-0.25, -0.2) is 0 Å². The van der Waals surface area contributed by atoms with E-state index in [2.05, 4.69) is 31.2 Å². The standard InChI is InChI=1S/C12H10OS/c1-9-2-4-10(5-3-9)12-7-6-11(8-13)14-12/h2-8H,1H3. The van der Waals surface area contributed by atoms with Gasteiger partial charge in [0.2, 0.25) is 0 Å². The zero-order valence-corrected chi connectivity index (χ0v) is 8.67. The molecule has 0 atom stereocenters. The number of benzene rings is 1. The summed E-state index contributed by atoms with van der Waals surface area (Å²) in [6, 6.07) is 12.2. The molecule has 2 aromatic rings. The van der Waals surface area contributed by atoms with Gasteiger partial charge in [0.15, 0.2) is 6.29 Å². The van der Waals surface area contributed by atoms with E-state index in [1.165, 1.54) is 22.5 Å². The fraction of sp³-hybridized carbons (Fsp3) is 0.0833. The van der Waals surface area contributed by atoms with Crippen LogP contribution in [0, 0.1) is 6.92 Å². The lowest BCUT2D eigenvalue weighted by molar-refractivity contribution is 0.112. The van der Waals surface area contributed by atoms with Crippen LogP contribution < -0.4 is 0 Å². The highest BCUT2D eigenvalue weighted by molar-refractivity contribution is 7.17. The van der Waals surface area contributed by atoms with Gasteiger partial charge < -0.3 is 0 Å². The molecule has 0 saturated heterocycles. The molecule has 14 heavy (non-hydrogen) atoms. The second kappa shape index (κ2) is 3.76. The molecule has 0 bridgehead atoms. The highest BCUT2D eigenvalue weighted by Gasteiger charge is 2.01. The van der Waals surface area contributed by atoms with Crippen LogP contribution in [0.5, 0.6) is 0 Å². The summed E-state index contributed by atoms with van der Waals surface area (Å²) in [6.45, 7) is 2.06. The summed E-state index contributed by atoms with van der Waals surface area (Å²) in [5.41, 5.74) is 2.43. The molecule has 0 aliphatic carbocycles. The third-order valence-electron chi connectivity index (χ3n) is 2.08. The van der Waals surface area contributed by atoms with E-state index in [4.69, 9.17) is 0 Å². The number of hydrogen-bond donors (Lipinski definition) is 0. The minimum atomic E-state index is 0.778. The number of carbonyl (C=O) groups is 1. The lowest BCUT2D eigenvalue weighted by atomic mass is 10.1. The number of aryl methyl sites for hydroxylation is 1. The van der Waals surface area contributed by atoms with Crippen LogP contribution in [-0.2, 0) is 0 Å². The van der Waals surface area contributed by atoms with Crippen molar-refractivity contribution in [2.24, 2.45) is 0 Å². The maximum absolute atomic E-state index is 10.5. The van der Waals surface area contributed by atoms with E-state index in [0.717, 1.165) is 16.0 Å². The molecule has 0 saturated carbocycles. The maximum atomic E-state index is 10.5. The van der Waals surface area contributed by atoms with Crippen molar-refractivity contribution >= 4 is 17.6 Å². The van der Waals surface area contributed by atoms with Crippen LogP contribution in [0.25, 0.3) is 10.4 Å². The average Bonchev–Trinajstić information content (AvgIpc) is 2.67.